The van der Waals surface area contributed by atoms with Crippen molar-refractivity contribution in [3.05, 3.63) is 72.0 Å². The Bertz CT molecular complexity index is 1210. The molecule has 0 spiro atoms. The number of carbonyl (C=O) groups is 1. The second kappa shape index (κ2) is 9.86. The van der Waals surface area contributed by atoms with Crippen molar-refractivity contribution in [3.8, 4) is 23.0 Å². The number of carbonyl (C=O) groups excluding carboxylic acids is 1. The number of rotatable bonds is 9. The summed E-state index contributed by atoms with van der Waals surface area (Å²) in [6.45, 7) is 3.09. The average molecular weight is 435 g/mol. The number of hydrogen-bond acceptors (Lipinski definition) is 6. The van der Waals surface area contributed by atoms with Crippen LogP contribution in [0.5, 0.6) is 11.6 Å². The van der Waals surface area contributed by atoms with Gasteiger partial charge in [-0.05, 0) is 42.8 Å². The van der Waals surface area contributed by atoms with E-state index in [1.165, 1.54) is 16.6 Å². The molecule has 4 rings (SSSR count). The molecule has 32 heavy (non-hydrogen) atoms. The molecule has 2 aromatic carbocycles. The summed E-state index contributed by atoms with van der Waals surface area (Å²) in [6.07, 6.45) is 0.272. The van der Waals surface area contributed by atoms with E-state index in [0.717, 1.165) is 11.3 Å². The van der Waals surface area contributed by atoms with Gasteiger partial charge < -0.3 is 14.8 Å². The van der Waals surface area contributed by atoms with Gasteiger partial charge in [-0.25, -0.2) is 4.39 Å². The molecule has 9 heteroatoms. The quantitative estimate of drug-likeness (QED) is 0.407. The molecule has 1 amide bonds. The number of aromatic nitrogens is 4. The van der Waals surface area contributed by atoms with Gasteiger partial charge >= 0.3 is 0 Å². The van der Waals surface area contributed by atoms with Crippen LogP contribution >= 0.6 is 0 Å². The first-order chi connectivity index (χ1) is 15.6. The molecule has 0 aliphatic heterocycles. The predicted molar refractivity (Wildman–Crippen MR) is 116 cm³/mol. The third-order valence-electron chi connectivity index (χ3n) is 4.59. The lowest BCUT2D eigenvalue weighted by atomic mass is 10.1. The van der Waals surface area contributed by atoms with Crippen molar-refractivity contribution < 1.29 is 18.7 Å². The molecule has 2 aromatic heterocycles. The van der Waals surface area contributed by atoms with Crippen molar-refractivity contribution in [3.63, 3.8) is 0 Å². The van der Waals surface area contributed by atoms with Crippen molar-refractivity contribution in [2.24, 2.45) is 0 Å². The maximum atomic E-state index is 13.6. The molecule has 2 heterocycles. The summed E-state index contributed by atoms with van der Waals surface area (Å²) in [4.78, 5) is 12.1. The Morgan fingerprint density at radius 2 is 1.91 bits per heavy atom. The van der Waals surface area contributed by atoms with Crippen LogP contribution in [0.2, 0.25) is 0 Å². The van der Waals surface area contributed by atoms with Crippen LogP contribution in [0.3, 0.4) is 0 Å². The van der Waals surface area contributed by atoms with Crippen LogP contribution in [0, 0.1) is 5.82 Å². The molecule has 4 aromatic rings. The van der Waals surface area contributed by atoms with Gasteiger partial charge in [0.2, 0.25) is 11.8 Å². The Balaban J connectivity index is 1.30. The summed E-state index contributed by atoms with van der Waals surface area (Å²) in [5.41, 5.74) is 1.97. The molecule has 0 radical (unpaired) electrons. The number of amides is 1. The van der Waals surface area contributed by atoms with Gasteiger partial charge in [-0.1, -0.05) is 24.3 Å². The van der Waals surface area contributed by atoms with Gasteiger partial charge in [0, 0.05) is 11.6 Å². The fraction of sp³-hybridized carbons (Fsp3) is 0.217. The Kier molecular flexibility index (Phi) is 6.54. The van der Waals surface area contributed by atoms with E-state index < -0.39 is 0 Å². The molecule has 0 fully saturated rings. The van der Waals surface area contributed by atoms with Crippen molar-refractivity contribution >= 4 is 11.6 Å². The van der Waals surface area contributed by atoms with Gasteiger partial charge in [-0.2, -0.15) is 4.52 Å². The van der Waals surface area contributed by atoms with E-state index in [1.54, 1.807) is 24.3 Å². The first-order valence-electron chi connectivity index (χ1n) is 10.2. The molecule has 0 saturated carbocycles. The molecule has 0 saturated heterocycles. The molecule has 1 N–H and O–H groups in total. The van der Waals surface area contributed by atoms with E-state index in [4.69, 9.17) is 9.47 Å². The highest BCUT2D eigenvalue weighted by Gasteiger charge is 2.11. The van der Waals surface area contributed by atoms with Crippen LogP contribution in [0.15, 0.2) is 60.7 Å². The van der Waals surface area contributed by atoms with Gasteiger partial charge in [-0.3, -0.25) is 4.79 Å². The van der Waals surface area contributed by atoms with Crippen molar-refractivity contribution in [2.75, 3.05) is 19.8 Å². The van der Waals surface area contributed by atoms with E-state index in [-0.39, 0.29) is 24.8 Å². The molecule has 8 nitrogen and oxygen atoms in total. The molecular formula is C23H22FN5O3. The van der Waals surface area contributed by atoms with Crippen LogP contribution in [0.25, 0.3) is 17.0 Å². The van der Waals surface area contributed by atoms with E-state index in [1.807, 2.05) is 31.2 Å². The minimum atomic E-state index is -0.368. The average Bonchev–Trinajstić information content (AvgIpc) is 3.22. The van der Waals surface area contributed by atoms with E-state index in [2.05, 4.69) is 20.6 Å². The molecule has 0 bridgehead atoms. The Morgan fingerprint density at radius 3 is 2.69 bits per heavy atom. The van der Waals surface area contributed by atoms with Crippen LogP contribution in [-0.4, -0.2) is 45.5 Å². The lowest BCUT2D eigenvalue weighted by Crippen LogP contribution is -2.29. The number of nitrogens with zero attached hydrogens (tertiary/aromatic N) is 4. The Hall–Kier alpha value is -4.01. The molecule has 0 aliphatic carbocycles. The largest absolute Gasteiger partial charge is 0.494 e. The van der Waals surface area contributed by atoms with Gasteiger partial charge in [0.05, 0.1) is 19.6 Å². The second-order valence-corrected chi connectivity index (χ2v) is 6.93. The zero-order valence-electron chi connectivity index (χ0n) is 17.5. The summed E-state index contributed by atoms with van der Waals surface area (Å²) in [7, 11) is 0. The van der Waals surface area contributed by atoms with E-state index in [9.17, 15) is 9.18 Å². The number of hydrogen-bond donors (Lipinski definition) is 1. The van der Waals surface area contributed by atoms with Gasteiger partial charge in [-0.15, -0.1) is 15.3 Å². The minimum absolute atomic E-state index is 0.103. The molecule has 0 unspecified atom stereocenters. The highest BCUT2D eigenvalue weighted by molar-refractivity contribution is 5.78. The standard InChI is InChI=1S/C23H22FN5O3/c1-2-31-19-8-6-16(7-9-19)14-21(30)25-12-13-32-22-11-10-20-26-27-23(29(20)28-22)17-4-3-5-18(24)15-17/h3-11,15H,2,12-14H2,1H3,(H,25,30). The summed E-state index contributed by atoms with van der Waals surface area (Å²) in [5.74, 6) is 1.06. The van der Waals surface area contributed by atoms with Crippen LogP contribution in [-0.2, 0) is 11.2 Å². The van der Waals surface area contributed by atoms with Crippen molar-refractivity contribution in [1.82, 2.24) is 25.1 Å². The number of ether oxygens (including phenoxy) is 2. The fourth-order valence-electron chi connectivity index (χ4n) is 3.12. The molecule has 0 atom stereocenters. The highest BCUT2D eigenvalue weighted by Crippen LogP contribution is 2.19. The van der Waals surface area contributed by atoms with E-state index in [0.29, 0.717) is 36.1 Å². The van der Waals surface area contributed by atoms with E-state index >= 15 is 0 Å². The number of benzene rings is 2. The smallest absolute Gasteiger partial charge is 0.231 e. The zero-order chi connectivity index (χ0) is 22.3. The summed E-state index contributed by atoms with van der Waals surface area (Å²) in [5, 5.41) is 15.3. The number of fused-ring (bicyclic) bond motifs is 1. The fourth-order valence-corrected chi connectivity index (χ4v) is 3.12. The minimum Gasteiger partial charge on any atom is -0.494 e. The summed E-state index contributed by atoms with van der Waals surface area (Å²) < 4.78 is 26.1. The Labute approximate surface area is 184 Å². The first kappa shape index (κ1) is 21.2. The van der Waals surface area contributed by atoms with Crippen LogP contribution in [0.1, 0.15) is 12.5 Å². The topological polar surface area (TPSA) is 90.6 Å². The lowest BCUT2D eigenvalue weighted by Gasteiger charge is -2.08. The van der Waals surface area contributed by atoms with Gasteiger partial charge in [0.1, 0.15) is 18.2 Å². The van der Waals surface area contributed by atoms with Gasteiger partial charge in [0.15, 0.2) is 11.5 Å². The maximum Gasteiger partial charge on any atom is 0.231 e. The monoisotopic (exact) mass is 435 g/mol. The van der Waals surface area contributed by atoms with Crippen molar-refractivity contribution in [2.45, 2.75) is 13.3 Å². The first-order valence-corrected chi connectivity index (χ1v) is 10.2. The lowest BCUT2D eigenvalue weighted by molar-refractivity contribution is -0.120. The Morgan fingerprint density at radius 1 is 1.06 bits per heavy atom. The number of halogens is 1. The molecule has 0 aliphatic rings. The van der Waals surface area contributed by atoms with Crippen LogP contribution in [0.4, 0.5) is 4.39 Å². The predicted octanol–water partition coefficient (Wildman–Crippen LogP) is 3.07. The summed E-state index contributed by atoms with van der Waals surface area (Å²) >= 11 is 0. The van der Waals surface area contributed by atoms with Crippen LogP contribution < -0.4 is 14.8 Å². The third-order valence-corrected chi connectivity index (χ3v) is 4.59. The molecular weight excluding hydrogens is 413 g/mol. The molecule has 164 valence electrons. The SMILES string of the molecule is CCOc1ccc(CC(=O)NCCOc2ccc3nnc(-c4cccc(F)c4)n3n2)cc1. The van der Waals surface area contributed by atoms with Gasteiger partial charge in [0.25, 0.3) is 0 Å². The third kappa shape index (κ3) is 5.18. The zero-order valence-corrected chi connectivity index (χ0v) is 17.5. The summed E-state index contributed by atoms with van der Waals surface area (Å²) in [6, 6.07) is 16.9. The highest BCUT2D eigenvalue weighted by atomic mass is 19.1. The van der Waals surface area contributed by atoms with Crippen molar-refractivity contribution in [1.29, 1.82) is 0 Å². The normalized spacial score (nSPS) is 10.8. The maximum absolute atomic E-state index is 13.6. The second-order valence-electron chi connectivity index (χ2n) is 6.93. The number of nitrogens with one attached hydrogen (secondary N) is 1.